The lowest BCUT2D eigenvalue weighted by Crippen LogP contribution is -2.19. The summed E-state index contributed by atoms with van der Waals surface area (Å²) in [7, 11) is 1.73. The van der Waals surface area contributed by atoms with Gasteiger partial charge >= 0.3 is 0 Å². The van der Waals surface area contributed by atoms with Crippen molar-refractivity contribution in [1.82, 2.24) is 9.97 Å². The molecule has 18 heavy (non-hydrogen) atoms. The number of aryl methyl sites for hydroxylation is 1. The molecular weight excluding hydrogens is 228 g/mol. The number of nitrogens with zero attached hydrogens (tertiary/aromatic N) is 1. The number of aromatic nitrogens is 2. The second kappa shape index (κ2) is 6.23. The third kappa shape index (κ3) is 2.86. The number of hydrogen-bond acceptors (Lipinski definition) is 3. The van der Waals surface area contributed by atoms with Crippen LogP contribution in [0, 0.1) is 5.92 Å². The molecule has 1 aliphatic carbocycles. The third-order valence-corrected chi connectivity index (χ3v) is 3.88. The Hall–Kier alpha value is -1.03. The highest BCUT2D eigenvalue weighted by molar-refractivity contribution is 5.20. The molecule has 1 aromatic rings. The van der Waals surface area contributed by atoms with Crippen molar-refractivity contribution in [3.05, 3.63) is 11.5 Å². The van der Waals surface area contributed by atoms with Gasteiger partial charge in [-0.15, -0.1) is 0 Å². The molecule has 4 heteroatoms. The lowest BCUT2D eigenvalue weighted by molar-refractivity contribution is 0.0293. The van der Waals surface area contributed by atoms with Crippen molar-refractivity contribution in [3.8, 4) is 5.88 Å². The molecule has 1 atom stereocenters. The highest BCUT2D eigenvalue weighted by atomic mass is 16.5. The minimum atomic E-state index is 0.00167. The van der Waals surface area contributed by atoms with Gasteiger partial charge in [0.25, 0.3) is 0 Å². The lowest BCUT2D eigenvalue weighted by atomic mass is 9.85. The smallest absolute Gasteiger partial charge is 0.232 e. The normalized spacial score (nSPS) is 19.0. The molecule has 0 bridgehead atoms. The first-order valence-electron chi connectivity index (χ1n) is 7.06. The van der Waals surface area contributed by atoms with Crippen LogP contribution in [0.4, 0.5) is 0 Å². The molecule has 4 nitrogen and oxygen atoms in total. The van der Waals surface area contributed by atoms with Gasteiger partial charge in [0.05, 0.1) is 5.69 Å². The van der Waals surface area contributed by atoms with Crippen molar-refractivity contribution < 1.29 is 9.84 Å². The Morgan fingerprint density at radius 2 is 2.11 bits per heavy atom. The Labute approximate surface area is 109 Å². The minimum absolute atomic E-state index is 0.00167. The molecule has 0 saturated heterocycles. The lowest BCUT2D eigenvalue weighted by Gasteiger charge is -2.27. The molecule has 0 aromatic carbocycles. The number of nitrogens with one attached hydrogen (secondary N) is 1. The minimum Gasteiger partial charge on any atom is -0.492 e. The van der Waals surface area contributed by atoms with E-state index in [1.165, 1.54) is 32.1 Å². The van der Waals surface area contributed by atoms with E-state index < -0.39 is 0 Å². The van der Waals surface area contributed by atoms with Gasteiger partial charge in [0.15, 0.2) is 0 Å². The zero-order valence-electron chi connectivity index (χ0n) is 11.4. The van der Waals surface area contributed by atoms with Crippen molar-refractivity contribution in [2.45, 2.75) is 58.0 Å². The Morgan fingerprint density at radius 3 is 2.72 bits per heavy atom. The predicted molar refractivity (Wildman–Crippen MR) is 70.6 cm³/mol. The van der Waals surface area contributed by atoms with Crippen molar-refractivity contribution >= 4 is 0 Å². The zero-order valence-corrected chi connectivity index (χ0v) is 11.4. The van der Waals surface area contributed by atoms with E-state index in [4.69, 9.17) is 4.74 Å². The van der Waals surface area contributed by atoms with Crippen LogP contribution in [0.15, 0.2) is 0 Å². The molecule has 102 valence electrons. The predicted octanol–water partition coefficient (Wildman–Crippen LogP) is 3.34. The second-order valence-corrected chi connectivity index (χ2v) is 5.23. The van der Waals surface area contributed by atoms with Gasteiger partial charge in [0.2, 0.25) is 5.88 Å². The van der Waals surface area contributed by atoms with Crippen LogP contribution in [0.25, 0.3) is 0 Å². The fraction of sp³-hybridized carbons (Fsp3) is 0.786. The first-order valence-corrected chi connectivity index (χ1v) is 7.06. The number of methoxy groups -OCH3 is 1. The SMILES string of the molecule is CCCc1[nH]c(C(OC)C2CCCCC2)nc1O. The summed E-state index contributed by atoms with van der Waals surface area (Å²) in [4.78, 5) is 7.50. The maximum Gasteiger partial charge on any atom is 0.232 e. The van der Waals surface area contributed by atoms with Crippen molar-refractivity contribution in [1.29, 1.82) is 0 Å². The quantitative estimate of drug-likeness (QED) is 0.845. The van der Waals surface area contributed by atoms with E-state index in [9.17, 15) is 5.11 Å². The van der Waals surface area contributed by atoms with E-state index in [1.807, 2.05) is 0 Å². The number of ether oxygens (including phenoxy) is 1. The Kier molecular flexibility index (Phi) is 4.64. The van der Waals surface area contributed by atoms with Gasteiger partial charge in [-0.25, -0.2) is 0 Å². The summed E-state index contributed by atoms with van der Waals surface area (Å²) in [6.07, 6.45) is 8.11. The van der Waals surface area contributed by atoms with Crippen LogP contribution in [0.3, 0.4) is 0 Å². The van der Waals surface area contributed by atoms with Crippen molar-refractivity contribution in [2.75, 3.05) is 7.11 Å². The molecule has 0 amide bonds. The number of H-pyrrole nitrogens is 1. The standard InChI is InChI=1S/C14H24N2O2/c1-3-7-11-14(17)16-13(15-11)12(18-2)10-8-5-4-6-9-10/h10,12,17H,3-9H2,1-2H3,(H,15,16). The van der Waals surface area contributed by atoms with Crippen LogP contribution < -0.4 is 0 Å². The van der Waals surface area contributed by atoms with Crippen LogP contribution in [0.5, 0.6) is 5.88 Å². The fourth-order valence-corrected chi connectivity index (χ4v) is 2.94. The molecule has 2 N–H and O–H groups in total. The molecule has 1 heterocycles. The highest BCUT2D eigenvalue weighted by Crippen LogP contribution is 2.36. The number of hydrogen-bond donors (Lipinski definition) is 2. The van der Waals surface area contributed by atoms with E-state index in [2.05, 4.69) is 16.9 Å². The molecular formula is C14H24N2O2. The first kappa shape index (κ1) is 13.4. The molecule has 1 unspecified atom stereocenters. The molecule has 1 aliphatic rings. The van der Waals surface area contributed by atoms with Gasteiger partial charge in [-0.1, -0.05) is 32.6 Å². The second-order valence-electron chi connectivity index (χ2n) is 5.23. The van der Waals surface area contributed by atoms with Crippen LogP contribution in [0.1, 0.15) is 63.1 Å². The van der Waals surface area contributed by atoms with Crippen LogP contribution >= 0.6 is 0 Å². The molecule has 0 spiro atoms. The van der Waals surface area contributed by atoms with Gasteiger partial charge in [0, 0.05) is 7.11 Å². The summed E-state index contributed by atoms with van der Waals surface area (Å²) in [6, 6.07) is 0. The zero-order chi connectivity index (χ0) is 13.0. The fourth-order valence-electron chi connectivity index (χ4n) is 2.94. The maximum absolute atomic E-state index is 9.81. The van der Waals surface area contributed by atoms with Gasteiger partial charge in [-0.3, -0.25) is 0 Å². The summed E-state index contributed by atoms with van der Waals surface area (Å²) >= 11 is 0. The monoisotopic (exact) mass is 252 g/mol. The maximum atomic E-state index is 9.81. The van der Waals surface area contributed by atoms with Gasteiger partial charge in [-0.05, 0) is 25.2 Å². The third-order valence-electron chi connectivity index (χ3n) is 3.88. The molecule has 0 radical (unpaired) electrons. The van der Waals surface area contributed by atoms with E-state index in [0.717, 1.165) is 24.4 Å². The van der Waals surface area contributed by atoms with Gasteiger partial charge in [0.1, 0.15) is 11.9 Å². The first-order chi connectivity index (χ1) is 8.76. The number of imidazole rings is 1. The number of aromatic hydroxyl groups is 1. The largest absolute Gasteiger partial charge is 0.492 e. The Bertz CT molecular complexity index is 370. The summed E-state index contributed by atoms with van der Waals surface area (Å²) < 4.78 is 5.62. The summed E-state index contributed by atoms with van der Waals surface area (Å²) in [5.74, 6) is 1.47. The average Bonchev–Trinajstić information content (AvgIpc) is 2.74. The molecule has 2 rings (SSSR count). The highest BCUT2D eigenvalue weighted by Gasteiger charge is 2.28. The van der Waals surface area contributed by atoms with Crippen molar-refractivity contribution in [3.63, 3.8) is 0 Å². The van der Waals surface area contributed by atoms with Gasteiger partial charge in [-0.2, -0.15) is 4.98 Å². The topological polar surface area (TPSA) is 58.1 Å². The summed E-state index contributed by atoms with van der Waals surface area (Å²) in [5, 5.41) is 9.81. The van der Waals surface area contributed by atoms with E-state index in [1.54, 1.807) is 7.11 Å². The number of rotatable bonds is 5. The molecule has 1 fully saturated rings. The van der Waals surface area contributed by atoms with E-state index >= 15 is 0 Å². The van der Waals surface area contributed by atoms with Crippen LogP contribution in [0.2, 0.25) is 0 Å². The van der Waals surface area contributed by atoms with Crippen molar-refractivity contribution in [2.24, 2.45) is 5.92 Å². The molecule has 0 aliphatic heterocycles. The van der Waals surface area contributed by atoms with E-state index in [0.29, 0.717) is 5.92 Å². The van der Waals surface area contributed by atoms with E-state index in [-0.39, 0.29) is 12.0 Å². The van der Waals surface area contributed by atoms with Crippen LogP contribution in [-0.2, 0) is 11.2 Å². The van der Waals surface area contributed by atoms with Gasteiger partial charge < -0.3 is 14.8 Å². The number of aromatic amines is 1. The summed E-state index contributed by atoms with van der Waals surface area (Å²) in [5.41, 5.74) is 0.838. The Balaban J connectivity index is 2.13. The molecule has 1 saturated carbocycles. The average molecular weight is 252 g/mol. The molecule has 1 aromatic heterocycles. The van der Waals surface area contributed by atoms with Crippen LogP contribution in [-0.4, -0.2) is 22.2 Å². The summed E-state index contributed by atoms with van der Waals surface area (Å²) in [6.45, 7) is 2.09. The Morgan fingerprint density at radius 1 is 1.39 bits per heavy atom.